The summed E-state index contributed by atoms with van der Waals surface area (Å²) in [5, 5.41) is 2.81. The van der Waals surface area contributed by atoms with Gasteiger partial charge in [0.15, 0.2) is 11.5 Å². The van der Waals surface area contributed by atoms with Crippen LogP contribution in [0.25, 0.3) is 0 Å². The first kappa shape index (κ1) is 16.0. The van der Waals surface area contributed by atoms with Crippen LogP contribution >= 0.6 is 0 Å². The number of hydrogen-bond acceptors (Lipinski definition) is 5. The maximum Gasteiger partial charge on any atom is 0.251 e. The van der Waals surface area contributed by atoms with E-state index in [0.29, 0.717) is 42.6 Å². The molecule has 0 unspecified atom stereocenters. The second-order valence-electron chi connectivity index (χ2n) is 5.08. The van der Waals surface area contributed by atoms with Crippen molar-refractivity contribution in [2.75, 3.05) is 26.6 Å². The topological polar surface area (TPSA) is 66.0 Å². The van der Waals surface area contributed by atoms with E-state index in [9.17, 15) is 4.79 Å². The number of hydrogen-bond donors (Lipinski definition) is 1. The molecular formula is C18H19NO5. The Kier molecular flexibility index (Phi) is 5.05. The maximum absolute atomic E-state index is 12.1. The van der Waals surface area contributed by atoms with Crippen LogP contribution < -0.4 is 24.3 Å². The fraction of sp³-hybridized carbons (Fsp3) is 0.278. The zero-order valence-corrected chi connectivity index (χ0v) is 13.4. The molecule has 0 saturated heterocycles. The SMILES string of the molecule is CCOc1cccc(OCCNC(=O)c2ccc3c(c2)OCO3)c1. The highest BCUT2D eigenvalue weighted by Crippen LogP contribution is 2.32. The molecule has 24 heavy (non-hydrogen) atoms. The molecule has 2 aromatic carbocycles. The number of nitrogens with one attached hydrogen (secondary N) is 1. The molecule has 3 rings (SSSR count). The molecule has 0 saturated carbocycles. The van der Waals surface area contributed by atoms with Crippen molar-refractivity contribution in [3.63, 3.8) is 0 Å². The van der Waals surface area contributed by atoms with Gasteiger partial charge in [-0.3, -0.25) is 4.79 Å². The molecule has 0 fully saturated rings. The third kappa shape index (κ3) is 3.90. The third-order valence-electron chi connectivity index (χ3n) is 3.41. The molecule has 1 amide bonds. The molecule has 0 radical (unpaired) electrons. The van der Waals surface area contributed by atoms with Crippen molar-refractivity contribution in [2.24, 2.45) is 0 Å². The zero-order valence-electron chi connectivity index (χ0n) is 13.4. The molecule has 1 heterocycles. The molecule has 6 heteroatoms. The molecule has 2 aromatic rings. The Morgan fingerprint density at radius 1 is 1.08 bits per heavy atom. The van der Waals surface area contributed by atoms with Crippen molar-refractivity contribution in [3.05, 3.63) is 48.0 Å². The summed E-state index contributed by atoms with van der Waals surface area (Å²) in [6.07, 6.45) is 0. The van der Waals surface area contributed by atoms with Gasteiger partial charge in [0, 0.05) is 11.6 Å². The molecule has 0 aliphatic carbocycles. The largest absolute Gasteiger partial charge is 0.494 e. The van der Waals surface area contributed by atoms with Gasteiger partial charge in [0.25, 0.3) is 5.91 Å². The van der Waals surface area contributed by atoms with E-state index < -0.39 is 0 Å². The molecule has 0 spiro atoms. The summed E-state index contributed by atoms with van der Waals surface area (Å²) in [6.45, 7) is 3.49. The standard InChI is InChI=1S/C18H19NO5/c1-2-21-14-4-3-5-15(11-14)22-9-8-19-18(20)13-6-7-16-17(10-13)24-12-23-16/h3-7,10-11H,2,8-9,12H2,1H3,(H,19,20). The first-order chi connectivity index (χ1) is 11.8. The molecule has 1 aliphatic heterocycles. The lowest BCUT2D eigenvalue weighted by Gasteiger charge is -2.09. The average Bonchev–Trinajstić information content (AvgIpc) is 3.07. The van der Waals surface area contributed by atoms with E-state index in [2.05, 4.69) is 5.32 Å². The first-order valence-corrected chi connectivity index (χ1v) is 7.80. The number of fused-ring (bicyclic) bond motifs is 1. The fourth-order valence-corrected chi connectivity index (χ4v) is 2.29. The van der Waals surface area contributed by atoms with Crippen molar-refractivity contribution in [3.8, 4) is 23.0 Å². The third-order valence-corrected chi connectivity index (χ3v) is 3.41. The minimum atomic E-state index is -0.181. The van der Waals surface area contributed by atoms with Gasteiger partial charge in [0.1, 0.15) is 18.1 Å². The van der Waals surface area contributed by atoms with E-state index in [0.717, 1.165) is 5.75 Å². The van der Waals surface area contributed by atoms with Gasteiger partial charge in [0.2, 0.25) is 6.79 Å². The first-order valence-electron chi connectivity index (χ1n) is 7.80. The highest BCUT2D eigenvalue weighted by molar-refractivity contribution is 5.94. The highest BCUT2D eigenvalue weighted by atomic mass is 16.7. The van der Waals surface area contributed by atoms with Crippen LogP contribution in [-0.4, -0.2) is 32.5 Å². The number of ether oxygens (including phenoxy) is 4. The van der Waals surface area contributed by atoms with Gasteiger partial charge in [-0.15, -0.1) is 0 Å². The number of amides is 1. The van der Waals surface area contributed by atoms with Gasteiger partial charge < -0.3 is 24.3 Å². The van der Waals surface area contributed by atoms with Crippen molar-refractivity contribution in [1.29, 1.82) is 0 Å². The minimum absolute atomic E-state index is 0.181. The highest BCUT2D eigenvalue weighted by Gasteiger charge is 2.15. The molecule has 1 aliphatic rings. The monoisotopic (exact) mass is 329 g/mol. The predicted octanol–water partition coefficient (Wildman–Crippen LogP) is 2.62. The summed E-state index contributed by atoms with van der Waals surface area (Å²) >= 11 is 0. The second kappa shape index (κ2) is 7.59. The number of rotatable bonds is 7. The van der Waals surface area contributed by atoms with Crippen molar-refractivity contribution in [1.82, 2.24) is 5.32 Å². The second-order valence-corrected chi connectivity index (χ2v) is 5.08. The summed E-state index contributed by atoms with van der Waals surface area (Å²) < 4.78 is 21.5. The Morgan fingerprint density at radius 2 is 1.88 bits per heavy atom. The van der Waals surface area contributed by atoms with Crippen LogP contribution in [-0.2, 0) is 0 Å². The molecule has 0 aromatic heterocycles. The number of carbonyl (C=O) groups is 1. The Labute approximate surface area is 140 Å². The molecule has 0 bridgehead atoms. The number of benzene rings is 2. The Bertz CT molecular complexity index is 716. The molecule has 126 valence electrons. The maximum atomic E-state index is 12.1. The van der Waals surface area contributed by atoms with Gasteiger partial charge in [-0.2, -0.15) is 0 Å². The van der Waals surface area contributed by atoms with Crippen LogP contribution in [0.1, 0.15) is 17.3 Å². The van der Waals surface area contributed by atoms with E-state index in [1.807, 2.05) is 31.2 Å². The van der Waals surface area contributed by atoms with Crippen LogP contribution in [0.5, 0.6) is 23.0 Å². The number of carbonyl (C=O) groups excluding carboxylic acids is 1. The lowest BCUT2D eigenvalue weighted by molar-refractivity contribution is 0.0946. The summed E-state index contributed by atoms with van der Waals surface area (Å²) in [5.74, 6) is 2.54. The Balaban J connectivity index is 1.46. The predicted molar refractivity (Wildman–Crippen MR) is 88.0 cm³/mol. The van der Waals surface area contributed by atoms with Crippen molar-refractivity contribution >= 4 is 5.91 Å². The summed E-state index contributed by atoms with van der Waals surface area (Å²) in [5.41, 5.74) is 0.526. The van der Waals surface area contributed by atoms with E-state index in [4.69, 9.17) is 18.9 Å². The van der Waals surface area contributed by atoms with Gasteiger partial charge in [-0.1, -0.05) is 6.07 Å². The van der Waals surface area contributed by atoms with E-state index in [-0.39, 0.29) is 12.7 Å². The lowest BCUT2D eigenvalue weighted by Crippen LogP contribution is -2.28. The zero-order chi connectivity index (χ0) is 16.8. The minimum Gasteiger partial charge on any atom is -0.494 e. The van der Waals surface area contributed by atoms with E-state index in [1.165, 1.54) is 0 Å². The summed E-state index contributed by atoms with van der Waals surface area (Å²) in [4.78, 5) is 12.1. The van der Waals surface area contributed by atoms with Gasteiger partial charge in [-0.05, 0) is 37.3 Å². The van der Waals surface area contributed by atoms with Crippen molar-refractivity contribution in [2.45, 2.75) is 6.92 Å². The van der Waals surface area contributed by atoms with Gasteiger partial charge in [-0.25, -0.2) is 0 Å². The van der Waals surface area contributed by atoms with Crippen LogP contribution in [0.4, 0.5) is 0 Å². The molecular weight excluding hydrogens is 310 g/mol. The normalized spacial score (nSPS) is 11.9. The van der Waals surface area contributed by atoms with Crippen LogP contribution in [0.2, 0.25) is 0 Å². The van der Waals surface area contributed by atoms with Crippen LogP contribution in [0.15, 0.2) is 42.5 Å². The Hall–Kier alpha value is -2.89. The lowest BCUT2D eigenvalue weighted by atomic mass is 10.2. The summed E-state index contributed by atoms with van der Waals surface area (Å²) in [7, 11) is 0. The smallest absolute Gasteiger partial charge is 0.251 e. The molecule has 1 N–H and O–H groups in total. The van der Waals surface area contributed by atoms with E-state index in [1.54, 1.807) is 18.2 Å². The quantitative estimate of drug-likeness (QED) is 0.791. The molecule has 0 atom stereocenters. The Morgan fingerprint density at radius 3 is 2.71 bits per heavy atom. The van der Waals surface area contributed by atoms with Gasteiger partial charge >= 0.3 is 0 Å². The van der Waals surface area contributed by atoms with Crippen LogP contribution in [0.3, 0.4) is 0 Å². The average molecular weight is 329 g/mol. The summed E-state index contributed by atoms with van der Waals surface area (Å²) in [6, 6.07) is 12.5. The van der Waals surface area contributed by atoms with Crippen LogP contribution in [0, 0.1) is 0 Å². The molecule has 6 nitrogen and oxygen atoms in total. The van der Waals surface area contributed by atoms with Gasteiger partial charge in [0.05, 0.1) is 13.2 Å². The fourth-order valence-electron chi connectivity index (χ4n) is 2.29. The van der Waals surface area contributed by atoms with E-state index >= 15 is 0 Å². The van der Waals surface area contributed by atoms with Crippen molar-refractivity contribution < 1.29 is 23.7 Å².